The van der Waals surface area contributed by atoms with Crippen molar-refractivity contribution in [1.29, 1.82) is 5.26 Å². The van der Waals surface area contributed by atoms with Gasteiger partial charge in [0, 0.05) is 22.3 Å². The summed E-state index contributed by atoms with van der Waals surface area (Å²) in [6.45, 7) is 0.408. The van der Waals surface area contributed by atoms with Gasteiger partial charge in [-0.25, -0.2) is 4.39 Å². The lowest BCUT2D eigenvalue weighted by Gasteiger charge is -2.08. The van der Waals surface area contributed by atoms with E-state index in [0.29, 0.717) is 17.7 Å². The van der Waals surface area contributed by atoms with Crippen LogP contribution in [0, 0.1) is 17.1 Å². The molecule has 0 amide bonds. The molecule has 90 valence electrons. The molecule has 2 rings (SSSR count). The lowest BCUT2D eigenvalue weighted by molar-refractivity contribution is 0.613. The van der Waals surface area contributed by atoms with E-state index in [0.717, 1.165) is 10.2 Å². The van der Waals surface area contributed by atoms with Gasteiger partial charge in [-0.05, 0) is 40.2 Å². The van der Waals surface area contributed by atoms with E-state index in [9.17, 15) is 4.39 Å². The minimum Gasteiger partial charge on any atom is -0.381 e. The van der Waals surface area contributed by atoms with Gasteiger partial charge in [0.05, 0.1) is 5.56 Å². The molecule has 0 aliphatic heterocycles. The Labute approximate surface area is 113 Å². The second kappa shape index (κ2) is 5.65. The van der Waals surface area contributed by atoms with Crippen molar-refractivity contribution in [2.45, 2.75) is 6.54 Å². The number of hydrogen-bond donors (Lipinski definition) is 1. The molecular formula is C14H10BrFN2. The van der Waals surface area contributed by atoms with E-state index in [-0.39, 0.29) is 5.82 Å². The Hall–Kier alpha value is -1.86. The molecule has 0 aliphatic carbocycles. The van der Waals surface area contributed by atoms with E-state index < -0.39 is 0 Å². The molecule has 2 aromatic carbocycles. The summed E-state index contributed by atoms with van der Waals surface area (Å²) in [6, 6.07) is 14.0. The first-order chi connectivity index (χ1) is 8.70. The average Bonchev–Trinajstić information content (AvgIpc) is 2.38. The van der Waals surface area contributed by atoms with Crippen molar-refractivity contribution >= 4 is 21.6 Å². The van der Waals surface area contributed by atoms with Gasteiger partial charge >= 0.3 is 0 Å². The zero-order valence-electron chi connectivity index (χ0n) is 9.45. The van der Waals surface area contributed by atoms with Crippen LogP contribution in [-0.2, 0) is 6.54 Å². The molecule has 0 fully saturated rings. The second-order valence-corrected chi connectivity index (χ2v) is 4.61. The first kappa shape index (κ1) is 12.6. The number of halogens is 2. The zero-order valence-corrected chi connectivity index (χ0v) is 11.0. The maximum atomic E-state index is 13.4. The van der Waals surface area contributed by atoms with Crippen LogP contribution in [0.5, 0.6) is 0 Å². The van der Waals surface area contributed by atoms with Crippen molar-refractivity contribution in [1.82, 2.24) is 0 Å². The molecule has 0 spiro atoms. The highest BCUT2D eigenvalue weighted by atomic mass is 79.9. The Kier molecular flexibility index (Phi) is 3.96. The fourth-order valence-corrected chi connectivity index (χ4v) is 2.02. The lowest BCUT2D eigenvalue weighted by atomic mass is 10.2. The van der Waals surface area contributed by atoms with E-state index in [1.54, 1.807) is 36.4 Å². The van der Waals surface area contributed by atoms with Gasteiger partial charge in [-0.1, -0.05) is 18.2 Å². The zero-order chi connectivity index (χ0) is 13.0. The number of nitrogens with one attached hydrogen (secondary N) is 1. The number of benzene rings is 2. The molecule has 1 N–H and O–H groups in total. The van der Waals surface area contributed by atoms with Crippen LogP contribution in [0.25, 0.3) is 0 Å². The van der Waals surface area contributed by atoms with Crippen molar-refractivity contribution in [3.63, 3.8) is 0 Å². The predicted molar refractivity (Wildman–Crippen MR) is 72.6 cm³/mol. The molecule has 18 heavy (non-hydrogen) atoms. The average molecular weight is 305 g/mol. The number of nitrogens with zero attached hydrogens (tertiary/aromatic N) is 1. The van der Waals surface area contributed by atoms with Gasteiger partial charge in [0.2, 0.25) is 0 Å². The number of anilines is 1. The lowest BCUT2D eigenvalue weighted by Crippen LogP contribution is -2.01. The third kappa shape index (κ3) is 2.88. The largest absolute Gasteiger partial charge is 0.381 e. The quantitative estimate of drug-likeness (QED) is 0.927. The molecule has 4 heteroatoms. The van der Waals surface area contributed by atoms with Gasteiger partial charge in [-0.15, -0.1) is 0 Å². The Morgan fingerprint density at radius 1 is 1.22 bits per heavy atom. The summed E-state index contributed by atoms with van der Waals surface area (Å²) in [5.41, 5.74) is 2.02. The van der Waals surface area contributed by atoms with Crippen LogP contribution in [0.3, 0.4) is 0 Å². The van der Waals surface area contributed by atoms with Gasteiger partial charge in [0.1, 0.15) is 11.9 Å². The Morgan fingerprint density at radius 2 is 2.00 bits per heavy atom. The number of hydrogen-bond acceptors (Lipinski definition) is 2. The van der Waals surface area contributed by atoms with Crippen molar-refractivity contribution < 1.29 is 4.39 Å². The van der Waals surface area contributed by atoms with E-state index in [1.165, 1.54) is 6.07 Å². The van der Waals surface area contributed by atoms with Crippen LogP contribution in [-0.4, -0.2) is 0 Å². The van der Waals surface area contributed by atoms with Gasteiger partial charge < -0.3 is 5.32 Å². The fraction of sp³-hybridized carbons (Fsp3) is 0.0714. The summed E-state index contributed by atoms with van der Waals surface area (Å²) in [4.78, 5) is 0. The van der Waals surface area contributed by atoms with Crippen LogP contribution in [0.2, 0.25) is 0 Å². The summed E-state index contributed by atoms with van der Waals surface area (Å²) in [6.07, 6.45) is 0. The molecule has 0 saturated heterocycles. The molecule has 2 aromatic rings. The summed E-state index contributed by atoms with van der Waals surface area (Å²) < 4.78 is 14.1. The van der Waals surface area contributed by atoms with E-state index in [2.05, 4.69) is 27.3 Å². The first-order valence-corrected chi connectivity index (χ1v) is 6.17. The van der Waals surface area contributed by atoms with E-state index in [4.69, 9.17) is 5.26 Å². The summed E-state index contributed by atoms with van der Waals surface area (Å²) in [5, 5.41) is 11.9. The minimum atomic E-state index is -0.224. The molecule has 0 bridgehead atoms. The monoisotopic (exact) mass is 304 g/mol. The van der Waals surface area contributed by atoms with Gasteiger partial charge in [-0.3, -0.25) is 0 Å². The molecule has 0 unspecified atom stereocenters. The van der Waals surface area contributed by atoms with Crippen LogP contribution in [0.4, 0.5) is 10.1 Å². The topological polar surface area (TPSA) is 35.8 Å². The van der Waals surface area contributed by atoms with Crippen LogP contribution in [0.15, 0.2) is 46.9 Å². The van der Waals surface area contributed by atoms with Gasteiger partial charge in [0.15, 0.2) is 0 Å². The molecule has 0 saturated carbocycles. The normalized spacial score (nSPS) is 9.83. The molecule has 0 aromatic heterocycles. The highest BCUT2D eigenvalue weighted by molar-refractivity contribution is 9.10. The summed E-state index contributed by atoms with van der Waals surface area (Å²) >= 11 is 3.31. The van der Waals surface area contributed by atoms with Crippen LogP contribution in [0.1, 0.15) is 11.1 Å². The minimum absolute atomic E-state index is 0.224. The summed E-state index contributed by atoms with van der Waals surface area (Å²) in [7, 11) is 0. The predicted octanol–water partition coefficient (Wildman–Crippen LogP) is 4.07. The molecule has 0 aliphatic rings. The SMILES string of the molecule is N#Cc1ccc(NCc2ccccc2F)cc1Br. The maximum absolute atomic E-state index is 13.4. The van der Waals surface area contributed by atoms with Crippen molar-refractivity contribution in [2.24, 2.45) is 0 Å². The Morgan fingerprint density at radius 3 is 2.67 bits per heavy atom. The van der Waals surface area contributed by atoms with Gasteiger partial charge in [-0.2, -0.15) is 5.26 Å². The smallest absolute Gasteiger partial charge is 0.128 e. The van der Waals surface area contributed by atoms with Crippen molar-refractivity contribution in [3.8, 4) is 6.07 Å². The van der Waals surface area contributed by atoms with E-state index >= 15 is 0 Å². The third-order valence-electron chi connectivity index (χ3n) is 2.53. The molecule has 0 heterocycles. The van der Waals surface area contributed by atoms with E-state index in [1.807, 2.05) is 0 Å². The standard InChI is InChI=1S/C14H10BrFN2/c15-13-7-12(6-5-10(13)8-17)18-9-11-3-1-2-4-14(11)16/h1-7,18H,9H2. The first-order valence-electron chi connectivity index (χ1n) is 5.37. The molecule has 0 atom stereocenters. The molecular weight excluding hydrogens is 295 g/mol. The van der Waals surface area contributed by atoms with Crippen molar-refractivity contribution in [3.05, 3.63) is 63.9 Å². The molecule has 2 nitrogen and oxygen atoms in total. The second-order valence-electron chi connectivity index (χ2n) is 3.75. The highest BCUT2D eigenvalue weighted by Crippen LogP contribution is 2.21. The van der Waals surface area contributed by atoms with Gasteiger partial charge in [0.25, 0.3) is 0 Å². The maximum Gasteiger partial charge on any atom is 0.128 e. The third-order valence-corrected chi connectivity index (χ3v) is 3.19. The van der Waals surface area contributed by atoms with Crippen molar-refractivity contribution in [2.75, 3.05) is 5.32 Å². The number of rotatable bonds is 3. The molecule has 0 radical (unpaired) electrons. The number of nitriles is 1. The van der Waals surface area contributed by atoms with Crippen LogP contribution >= 0.6 is 15.9 Å². The Balaban J connectivity index is 2.10. The summed E-state index contributed by atoms with van der Waals surface area (Å²) in [5.74, 6) is -0.224. The van der Waals surface area contributed by atoms with Crippen LogP contribution < -0.4 is 5.32 Å². The highest BCUT2D eigenvalue weighted by Gasteiger charge is 2.02. The fourth-order valence-electron chi connectivity index (χ4n) is 1.55. The Bertz CT molecular complexity index is 605.